The van der Waals surface area contributed by atoms with E-state index in [2.05, 4.69) is 52.3 Å². The van der Waals surface area contributed by atoms with Crippen LogP contribution >= 0.6 is 0 Å². The summed E-state index contributed by atoms with van der Waals surface area (Å²) in [5, 5.41) is 2.61. The van der Waals surface area contributed by atoms with E-state index < -0.39 is 0 Å². The maximum absolute atomic E-state index is 12.5. The van der Waals surface area contributed by atoms with E-state index in [1.807, 2.05) is 0 Å². The van der Waals surface area contributed by atoms with Gasteiger partial charge in [0.1, 0.15) is 0 Å². The number of benzene rings is 2. The van der Waals surface area contributed by atoms with Gasteiger partial charge >= 0.3 is 0 Å². The zero-order valence-corrected chi connectivity index (χ0v) is 14.3. The highest BCUT2D eigenvalue weighted by molar-refractivity contribution is 5.83. The van der Waals surface area contributed by atoms with Gasteiger partial charge in [-0.3, -0.25) is 9.69 Å². The third-order valence-electron chi connectivity index (χ3n) is 5.57. The number of amides is 1. The van der Waals surface area contributed by atoms with Gasteiger partial charge in [-0.1, -0.05) is 42.8 Å². The van der Waals surface area contributed by atoms with Crippen LogP contribution in [0.15, 0.2) is 42.5 Å². The molecule has 0 unspecified atom stereocenters. The smallest absolute Gasteiger partial charge is 0.225 e. The van der Waals surface area contributed by atoms with Crippen LogP contribution in [0.25, 0.3) is 10.8 Å². The molecule has 2 aromatic rings. The van der Waals surface area contributed by atoms with Gasteiger partial charge < -0.3 is 4.90 Å². The molecule has 4 rings (SSSR count). The van der Waals surface area contributed by atoms with Crippen LogP contribution in [0.2, 0.25) is 0 Å². The highest BCUT2D eigenvalue weighted by Crippen LogP contribution is 2.28. The van der Waals surface area contributed by atoms with Crippen molar-refractivity contribution in [2.45, 2.75) is 32.2 Å². The number of carbonyl (C=O) groups excluding carboxylic acids is 1. The molecule has 1 amide bonds. The third kappa shape index (κ3) is 3.32. The van der Waals surface area contributed by atoms with Crippen LogP contribution in [0.5, 0.6) is 0 Å². The summed E-state index contributed by atoms with van der Waals surface area (Å²) in [5.41, 5.74) is 1.37. The quantitative estimate of drug-likeness (QED) is 0.861. The molecule has 2 aromatic carbocycles. The molecule has 126 valence electrons. The Morgan fingerprint density at radius 1 is 0.917 bits per heavy atom. The Hall–Kier alpha value is -1.87. The van der Waals surface area contributed by atoms with Gasteiger partial charge in [-0.05, 0) is 41.7 Å². The van der Waals surface area contributed by atoms with E-state index in [0.29, 0.717) is 11.8 Å². The van der Waals surface area contributed by atoms with E-state index in [-0.39, 0.29) is 0 Å². The van der Waals surface area contributed by atoms with E-state index in [0.717, 1.165) is 52.0 Å². The van der Waals surface area contributed by atoms with Crippen molar-refractivity contribution in [3.63, 3.8) is 0 Å². The van der Waals surface area contributed by atoms with Crippen molar-refractivity contribution in [1.82, 2.24) is 9.80 Å². The molecule has 0 aromatic heterocycles. The van der Waals surface area contributed by atoms with Gasteiger partial charge in [-0.2, -0.15) is 0 Å². The maximum Gasteiger partial charge on any atom is 0.225 e. The average Bonchev–Trinajstić information content (AvgIpc) is 2.79. The fourth-order valence-corrected chi connectivity index (χ4v) is 3.86. The Balaban J connectivity index is 1.38. The molecular weight excluding hydrogens is 296 g/mol. The van der Waals surface area contributed by atoms with Crippen LogP contribution in [-0.4, -0.2) is 41.9 Å². The summed E-state index contributed by atoms with van der Waals surface area (Å²) in [6, 6.07) is 15.3. The van der Waals surface area contributed by atoms with Gasteiger partial charge in [-0.15, -0.1) is 0 Å². The standard InChI is InChI=1S/C21H26N2O/c24-21(19-7-3-8-19)23-12-4-11-22(13-14-23)16-17-9-10-18-5-1-2-6-20(18)15-17/h1-2,5-6,9-10,15,19H,3-4,7-8,11-14,16H2. The van der Waals surface area contributed by atoms with Gasteiger partial charge in [0.05, 0.1) is 0 Å². The van der Waals surface area contributed by atoms with Crippen LogP contribution in [0.4, 0.5) is 0 Å². The first kappa shape index (κ1) is 15.6. The van der Waals surface area contributed by atoms with Crippen molar-refractivity contribution >= 4 is 16.7 Å². The van der Waals surface area contributed by atoms with Crippen LogP contribution in [0.1, 0.15) is 31.2 Å². The average molecular weight is 322 g/mol. The molecule has 0 bridgehead atoms. The third-order valence-corrected chi connectivity index (χ3v) is 5.57. The van der Waals surface area contributed by atoms with Crippen molar-refractivity contribution in [2.24, 2.45) is 5.92 Å². The predicted octanol–water partition coefficient (Wildman–Crippen LogP) is 3.67. The molecule has 0 radical (unpaired) electrons. The Labute approximate surface area is 144 Å². The molecule has 0 N–H and O–H groups in total. The summed E-state index contributed by atoms with van der Waals surface area (Å²) >= 11 is 0. The van der Waals surface area contributed by atoms with Crippen molar-refractivity contribution in [2.75, 3.05) is 26.2 Å². The normalized spacial score (nSPS) is 19.9. The van der Waals surface area contributed by atoms with Crippen molar-refractivity contribution < 1.29 is 4.79 Å². The van der Waals surface area contributed by atoms with Gasteiger partial charge in [0, 0.05) is 38.6 Å². The van der Waals surface area contributed by atoms with Crippen molar-refractivity contribution in [1.29, 1.82) is 0 Å². The Morgan fingerprint density at radius 3 is 2.54 bits per heavy atom. The molecule has 2 aliphatic rings. The molecule has 3 heteroatoms. The zero-order valence-electron chi connectivity index (χ0n) is 14.3. The number of hydrogen-bond donors (Lipinski definition) is 0. The molecule has 1 saturated carbocycles. The van der Waals surface area contributed by atoms with E-state index in [9.17, 15) is 4.79 Å². The summed E-state index contributed by atoms with van der Waals surface area (Å²) in [4.78, 5) is 17.1. The van der Waals surface area contributed by atoms with Gasteiger partial charge in [0.15, 0.2) is 0 Å². The molecule has 2 fully saturated rings. The Morgan fingerprint density at radius 2 is 1.75 bits per heavy atom. The van der Waals surface area contributed by atoms with E-state index in [4.69, 9.17) is 0 Å². The summed E-state index contributed by atoms with van der Waals surface area (Å²) in [7, 11) is 0. The van der Waals surface area contributed by atoms with Crippen LogP contribution in [-0.2, 0) is 11.3 Å². The lowest BCUT2D eigenvalue weighted by Crippen LogP contribution is -2.41. The van der Waals surface area contributed by atoms with Crippen LogP contribution in [0.3, 0.4) is 0 Å². The van der Waals surface area contributed by atoms with Gasteiger partial charge in [0.25, 0.3) is 0 Å². The second-order valence-electron chi connectivity index (χ2n) is 7.26. The topological polar surface area (TPSA) is 23.6 Å². The maximum atomic E-state index is 12.5. The van der Waals surface area contributed by atoms with Gasteiger partial charge in [-0.25, -0.2) is 0 Å². The van der Waals surface area contributed by atoms with Crippen LogP contribution < -0.4 is 0 Å². The Kier molecular flexibility index (Phi) is 4.52. The largest absolute Gasteiger partial charge is 0.341 e. The number of rotatable bonds is 3. The molecule has 1 aliphatic heterocycles. The van der Waals surface area contributed by atoms with Crippen molar-refractivity contribution in [3.05, 3.63) is 48.0 Å². The molecule has 0 atom stereocenters. The number of nitrogens with zero attached hydrogens (tertiary/aromatic N) is 2. The second-order valence-corrected chi connectivity index (χ2v) is 7.26. The fourth-order valence-electron chi connectivity index (χ4n) is 3.86. The minimum Gasteiger partial charge on any atom is -0.341 e. The summed E-state index contributed by atoms with van der Waals surface area (Å²) < 4.78 is 0. The van der Waals surface area contributed by atoms with E-state index >= 15 is 0 Å². The highest BCUT2D eigenvalue weighted by atomic mass is 16.2. The minimum atomic E-state index is 0.331. The number of hydrogen-bond acceptors (Lipinski definition) is 2. The lowest BCUT2D eigenvalue weighted by atomic mass is 9.84. The fraction of sp³-hybridized carbons (Fsp3) is 0.476. The first-order chi connectivity index (χ1) is 11.8. The highest BCUT2D eigenvalue weighted by Gasteiger charge is 2.30. The molecule has 1 saturated heterocycles. The predicted molar refractivity (Wildman–Crippen MR) is 97.8 cm³/mol. The summed E-state index contributed by atoms with van der Waals surface area (Å²) in [6.45, 7) is 4.88. The molecule has 0 spiro atoms. The van der Waals surface area contributed by atoms with E-state index in [1.54, 1.807) is 0 Å². The Bertz CT molecular complexity index is 723. The second kappa shape index (κ2) is 6.94. The lowest BCUT2D eigenvalue weighted by Gasteiger charge is -2.31. The van der Waals surface area contributed by atoms with Gasteiger partial charge in [0.2, 0.25) is 5.91 Å². The number of carbonyl (C=O) groups is 1. The number of fused-ring (bicyclic) bond motifs is 1. The first-order valence-corrected chi connectivity index (χ1v) is 9.28. The SMILES string of the molecule is O=C(C1CCC1)N1CCCN(Cc2ccc3ccccc3c2)CC1. The summed E-state index contributed by atoms with van der Waals surface area (Å²) in [6.07, 6.45) is 4.54. The first-order valence-electron chi connectivity index (χ1n) is 9.28. The molecule has 24 heavy (non-hydrogen) atoms. The van der Waals surface area contributed by atoms with Crippen molar-refractivity contribution in [3.8, 4) is 0 Å². The lowest BCUT2D eigenvalue weighted by molar-refractivity contribution is -0.138. The molecular formula is C21H26N2O. The van der Waals surface area contributed by atoms with E-state index in [1.165, 1.54) is 22.8 Å². The summed E-state index contributed by atoms with van der Waals surface area (Å²) in [5.74, 6) is 0.742. The zero-order chi connectivity index (χ0) is 16.4. The van der Waals surface area contributed by atoms with Crippen LogP contribution in [0, 0.1) is 5.92 Å². The monoisotopic (exact) mass is 322 g/mol. The molecule has 3 nitrogen and oxygen atoms in total. The molecule has 1 heterocycles. The molecule has 1 aliphatic carbocycles. The minimum absolute atomic E-state index is 0.331.